The maximum absolute atomic E-state index is 6.50. The molecule has 0 aromatic rings. The minimum atomic E-state index is 0. The molecular weight excluding hydrogens is 452 g/mol. The van der Waals surface area contributed by atoms with Crippen molar-refractivity contribution in [2.75, 3.05) is 0 Å². The number of nitrogens with zero attached hydrogens (tertiary/aromatic N) is 1. The molecule has 0 aliphatic rings. The Morgan fingerprint density at radius 2 is 1.00 bits per heavy atom. The van der Waals surface area contributed by atoms with Crippen molar-refractivity contribution in [1.82, 2.24) is 0 Å². The van der Waals surface area contributed by atoms with E-state index < -0.39 is 0 Å². The van der Waals surface area contributed by atoms with Crippen LogP contribution in [0, 0.1) is 11.8 Å². The summed E-state index contributed by atoms with van der Waals surface area (Å²) in [6, 6.07) is 0. The van der Waals surface area contributed by atoms with Crippen LogP contribution in [0.4, 0.5) is 0 Å². The molecule has 0 fully saturated rings. The van der Waals surface area contributed by atoms with Crippen molar-refractivity contribution in [2.24, 2.45) is 0 Å². The molecule has 0 spiro atoms. The zero-order valence-electron chi connectivity index (χ0n) is 2.13. The third kappa shape index (κ3) is 33.6. The van der Waals surface area contributed by atoms with Crippen LogP contribution in [0.3, 0.4) is 0 Å². The van der Waals surface area contributed by atoms with Crippen LogP contribution >= 0.6 is 13.5 Å². The maximum Gasteiger partial charge on any atom is 0.0462 e. The van der Waals surface area contributed by atoms with Gasteiger partial charge in [0.25, 0.3) is 0 Å². The van der Waals surface area contributed by atoms with Crippen LogP contribution in [0.15, 0.2) is 0 Å². The van der Waals surface area contributed by atoms with Crippen molar-refractivity contribution >= 4 is 13.5 Å². The van der Waals surface area contributed by atoms with Crippen LogP contribution in [0.25, 0.3) is 0 Å². The Bertz CT molecular complexity index is 14.4. The number of hydrogen-bond donors (Lipinski definition) is 0. The summed E-state index contributed by atoms with van der Waals surface area (Å²) >= 11 is 0. The van der Waals surface area contributed by atoms with Crippen molar-refractivity contribution in [3.8, 4) is 6.57 Å². The molecule has 0 aromatic carbocycles. The first-order valence-electron chi connectivity index (χ1n) is 0.258. The van der Waals surface area contributed by atoms with Crippen molar-refractivity contribution < 1.29 is 44.8 Å². The van der Waals surface area contributed by atoms with Crippen LogP contribution in [0.5, 0.6) is 0 Å². The average Bonchev–Trinajstić information content (AvgIpc) is 1.00. The first kappa shape index (κ1) is 33.2. The number of nitriles is 1. The van der Waals surface area contributed by atoms with Crippen molar-refractivity contribution in [3.63, 3.8) is 0 Å². The van der Waals surface area contributed by atoms with Crippen LogP contribution < -0.4 is 0 Å². The van der Waals surface area contributed by atoms with Gasteiger partial charge in [0.15, 0.2) is 0 Å². The predicted octanol–water partition coefficient (Wildman–Crippen LogP) is 0.248. The quantitative estimate of drug-likeness (QED) is 0.481. The van der Waals surface area contributed by atoms with Gasteiger partial charge in [-0.25, -0.2) is 5.26 Å². The molecule has 5 heavy (non-hydrogen) atoms. The van der Waals surface area contributed by atoms with Gasteiger partial charge in [-0.15, -0.1) is 0 Å². The summed E-state index contributed by atoms with van der Waals surface area (Å²) in [5.41, 5.74) is 0. The van der Waals surface area contributed by atoms with Crippen LogP contribution in [0.1, 0.15) is 0 Å². The van der Waals surface area contributed by atoms with Crippen LogP contribution in [-0.4, -0.2) is 0 Å². The van der Waals surface area contributed by atoms with Crippen molar-refractivity contribution in [1.29, 1.82) is 5.26 Å². The van der Waals surface area contributed by atoms with E-state index in [0.717, 1.165) is 0 Å². The van der Waals surface area contributed by atoms with E-state index in [1.807, 2.05) is 0 Å². The molecule has 0 saturated heterocycles. The van der Waals surface area contributed by atoms with Gasteiger partial charge in [0.1, 0.15) is 0 Å². The zero-order valence-corrected chi connectivity index (χ0v) is 7.46. The van der Waals surface area contributed by atoms with Gasteiger partial charge >= 0.3 is 0 Å². The smallest absolute Gasteiger partial charge is 0.0462 e. The fourth-order valence-electron chi connectivity index (χ4n) is 0. The molecule has 0 heterocycles. The van der Waals surface area contributed by atoms with E-state index in [1.54, 1.807) is 0 Å². The summed E-state index contributed by atoms with van der Waals surface area (Å²) in [4.78, 5) is 0. The molecule has 0 unspecified atom stereocenters. The molecule has 0 rings (SSSR count). The molecule has 40 valence electrons. The summed E-state index contributed by atoms with van der Waals surface area (Å²) in [6.07, 6.45) is 0. The molecule has 1 nitrogen and oxygen atoms in total. The Morgan fingerprint density at radius 3 is 1.00 bits per heavy atom. The third-order valence-electron chi connectivity index (χ3n) is 0. The van der Waals surface area contributed by atoms with Gasteiger partial charge < -0.3 is 0 Å². The van der Waals surface area contributed by atoms with E-state index in [2.05, 4.69) is 6.57 Å². The molecule has 0 N–H and O–H groups in total. The first-order valence-corrected chi connectivity index (χ1v) is 0.258. The van der Waals surface area contributed by atoms with Gasteiger partial charge in [-0.3, -0.25) is 0 Å². The summed E-state index contributed by atoms with van der Waals surface area (Å²) in [7, 11) is 0. The van der Waals surface area contributed by atoms with Gasteiger partial charge in [0.05, 0.1) is 0 Å². The van der Waals surface area contributed by atoms with Gasteiger partial charge in [-0.1, -0.05) is 0 Å². The monoisotopic (exact) mass is 455 g/mol. The molecule has 4 heteroatoms. The summed E-state index contributed by atoms with van der Waals surface area (Å²) in [5, 5.41) is 6.50. The van der Waals surface area contributed by atoms with Gasteiger partial charge in [0.2, 0.25) is 0 Å². The molecular formula is CH3Au2NS. The zero-order chi connectivity index (χ0) is 2.00. The molecule has 0 saturated carbocycles. The second-order valence-corrected chi connectivity index (χ2v) is 0. The molecule has 0 aromatic heterocycles. The largest absolute Gasteiger partial charge is 0.202 e. The van der Waals surface area contributed by atoms with E-state index in [1.165, 1.54) is 0 Å². The van der Waals surface area contributed by atoms with E-state index in [9.17, 15) is 0 Å². The SMILES string of the molecule is C#N.S.[Au].[Au]. The third-order valence-corrected chi connectivity index (χ3v) is 0. The van der Waals surface area contributed by atoms with E-state index in [0.29, 0.717) is 0 Å². The fourth-order valence-corrected chi connectivity index (χ4v) is 0. The second kappa shape index (κ2) is 57.0. The summed E-state index contributed by atoms with van der Waals surface area (Å²) in [5.74, 6) is 0. The van der Waals surface area contributed by atoms with Crippen LogP contribution in [0.2, 0.25) is 0 Å². The Kier molecular flexibility index (Phi) is 378. The Balaban J connectivity index is -0.00000000167. The summed E-state index contributed by atoms with van der Waals surface area (Å²) in [6.45, 7) is 3.50. The minimum absolute atomic E-state index is 0. The number of rotatable bonds is 0. The van der Waals surface area contributed by atoms with E-state index in [4.69, 9.17) is 5.26 Å². The fraction of sp³-hybridized carbons (Fsp3) is 0. The Morgan fingerprint density at radius 1 is 1.00 bits per heavy atom. The first-order chi connectivity index (χ1) is 1.00. The molecule has 0 atom stereocenters. The number of hydrogen-bond acceptors (Lipinski definition) is 1. The molecule has 0 aliphatic heterocycles. The second-order valence-electron chi connectivity index (χ2n) is 0. The molecule has 0 bridgehead atoms. The van der Waals surface area contributed by atoms with E-state index in [-0.39, 0.29) is 58.3 Å². The molecule has 2 radical (unpaired) electrons. The maximum atomic E-state index is 6.50. The van der Waals surface area contributed by atoms with Gasteiger partial charge in [-0.2, -0.15) is 13.5 Å². The Labute approximate surface area is 69.6 Å². The van der Waals surface area contributed by atoms with Crippen molar-refractivity contribution in [3.05, 3.63) is 0 Å². The van der Waals surface area contributed by atoms with Crippen LogP contribution in [-0.2, 0) is 44.8 Å². The average molecular weight is 455 g/mol. The molecule has 0 aliphatic carbocycles. The topological polar surface area (TPSA) is 23.8 Å². The van der Waals surface area contributed by atoms with Gasteiger partial charge in [0, 0.05) is 51.3 Å². The Hall–Kier alpha value is 1.32. The van der Waals surface area contributed by atoms with E-state index >= 15 is 0 Å². The minimum Gasteiger partial charge on any atom is -0.202 e. The summed E-state index contributed by atoms with van der Waals surface area (Å²) < 4.78 is 0. The standard InChI is InChI=1S/CHN.2Au.H2S/c1-2;;;/h1H;;;1H2. The normalized spacial score (nSPS) is 0.400. The van der Waals surface area contributed by atoms with Crippen molar-refractivity contribution in [2.45, 2.75) is 0 Å². The molecule has 0 amide bonds. The van der Waals surface area contributed by atoms with Gasteiger partial charge in [-0.05, 0) is 0 Å². The predicted molar refractivity (Wildman–Crippen MR) is 17.1 cm³/mol.